The van der Waals surface area contributed by atoms with Crippen LogP contribution in [0.25, 0.3) is 0 Å². The first-order chi connectivity index (χ1) is 13.1. The summed E-state index contributed by atoms with van der Waals surface area (Å²) >= 11 is 0. The Labute approximate surface area is 163 Å². The smallest absolute Gasteiger partial charge is 0.338 e. The summed E-state index contributed by atoms with van der Waals surface area (Å²) < 4.78 is 30.0. The average Bonchev–Trinajstić information content (AvgIpc) is 2.66. The Morgan fingerprint density at radius 3 is 2.18 bits per heavy atom. The van der Waals surface area contributed by atoms with Crippen LogP contribution >= 0.6 is 0 Å². The highest BCUT2D eigenvalue weighted by Crippen LogP contribution is 2.16. The van der Waals surface area contributed by atoms with Gasteiger partial charge >= 0.3 is 5.97 Å². The summed E-state index contributed by atoms with van der Waals surface area (Å²) in [5.41, 5.74) is 0.781. The number of amides is 1. The molecule has 8 nitrogen and oxygen atoms in total. The second kappa shape index (κ2) is 8.77. The number of hydrogen-bond acceptors (Lipinski definition) is 6. The molecule has 2 rings (SSSR count). The highest BCUT2D eigenvalue weighted by atomic mass is 32.2. The van der Waals surface area contributed by atoms with Gasteiger partial charge in [0.05, 0.1) is 16.1 Å². The molecule has 0 bridgehead atoms. The van der Waals surface area contributed by atoms with Crippen LogP contribution in [0.1, 0.15) is 27.6 Å². The molecule has 0 aliphatic rings. The largest absolute Gasteiger partial charge is 0.452 e. The van der Waals surface area contributed by atoms with E-state index in [1.54, 1.807) is 24.3 Å². The van der Waals surface area contributed by atoms with E-state index in [0.717, 1.165) is 4.31 Å². The lowest BCUT2D eigenvalue weighted by Gasteiger charge is -2.12. The summed E-state index contributed by atoms with van der Waals surface area (Å²) in [5.74, 6) is -1.58. The quantitative estimate of drug-likeness (QED) is 0.558. The van der Waals surface area contributed by atoms with Crippen LogP contribution in [0, 0.1) is 0 Å². The number of nitrogens with zero attached hydrogens (tertiary/aromatic N) is 1. The first kappa shape index (κ1) is 21.3. The first-order valence-electron chi connectivity index (χ1n) is 8.22. The molecule has 0 atom stereocenters. The fraction of sp³-hybridized carbons (Fsp3) is 0.211. The zero-order chi connectivity index (χ0) is 20.9. The predicted molar refractivity (Wildman–Crippen MR) is 103 cm³/mol. The molecule has 0 aromatic heterocycles. The fourth-order valence-corrected chi connectivity index (χ4v) is 3.18. The molecule has 2 aromatic rings. The summed E-state index contributed by atoms with van der Waals surface area (Å²) in [6.07, 6.45) is 0. The molecule has 0 heterocycles. The minimum atomic E-state index is -3.60. The Morgan fingerprint density at radius 2 is 1.61 bits per heavy atom. The third-order valence-electron chi connectivity index (χ3n) is 3.78. The molecule has 1 N–H and O–H groups in total. The summed E-state index contributed by atoms with van der Waals surface area (Å²) in [6, 6.07) is 11.7. The monoisotopic (exact) mass is 404 g/mol. The number of esters is 1. The molecule has 2 aromatic carbocycles. The van der Waals surface area contributed by atoms with Crippen molar-refractivity contribution in [3.8, 4) is 0 Å². The van der Waals surface area contributed by atoms with Gasteiger partial charge < -0.3 is 10.1 Å². The van der Waals surface area contributed by atoms with Gasteiger partial charge in [0.2, 0.25) is 10.0 Å². The van der Waals surface area contributed by atoms with E-state index in [4.69, 9.17) is 4.74 Å². The number of rotatable bonds is 7. The van der Waals surface area contributed by atoms with Gasteiger partial charge in [-0.3, -0.25) is 9.59 Å². The maximum atomic E-state index is 12.1. The first-order valence-corrected chi connectivity index (χ1v) is 9.66. The minimum Gasteiger partial charge on any atom is -0.452 e. The lowest BCUT2D eigenvalue weighted by molar-refractivity contribution is -0.119. The third kappa shape index (κ3) is 5.02. The Morgan fingerprint density at radius 1 is 1.00 bits per heavy atom. The molecule has 0 spiro atoms. The second-order valence-electron chi connectivity index (χ2n) is 6.04. The van der Waals surface area contributed by atoms with Crippen molar-refractivity contribution in [1.29, 1.82) is 0 Å². The van der Waals surface area contributed by atoms with Gasteiger partial charge in [0.15, 0.2) is 12.4 Å². The second-order valence-corrected chi connectivity index (χ2v) is 8.19. The predicted octanol–water partition coefficient (Wildman–Crippen LogP) is 1.94. The molecular weight excluding hydrogens is 384 g/mol. The molecule has 0 saturated heterocycles. The molecule has 0 aliphatic heterocycles. The maximum absolute atomic E-state index is 12.1. The Balaban J connectivity index is 1.99. The number of carbonyl (C=O) groups is 3. The van der Waals surface area contributed by atoms with Crippen LogP contribution in [0.4, 0.5) is 5.69 Å². The van der Waals surface area contributed by atoms with Crippen molar-refractivity contribution in [3.05, 3.63) is 59.7 Å². The van der Waals surface area contributed by atoms with Crippen LogP contribution < -0.4 is 5.32 Å². The van der Waals surface area contributed by atoms with Crippen molar-refractivity contribution in [2.45, 2.75) is 11.8 Å². The molecule has 0 aliphatic carbocycles. The average molecular weight is 404 g/mol. The summed E-state index contributed by atoms with van der Waals surface area (Å²) in [6.45, 7) is 0.827. The van der Waals surface area contributed by atoms with E-state index in [1.165, 1.54) is 45.3 Å². The van der Waals surface area contributed by atoms with Crippen molar-refractivity contribution in [2.75, 3.05) is 26.0 Å². The standard InChI is InChI=1S/C19H20N2O6S/c1-13(22)16-6-4-5-7-17(16)20-18(23)12-27-19(24)14-8-10-15(11-9-14)28(25,26)21(2)3/h4-11H,12H2,1-3H3,(H,20,23). The number of ketones is 1. The van der Waals surface area contributed by atoms with Crippen LogP contribution in [0.2, 0.25) is 0 Å². The molecule has 0 saturated carbocycles. The van der Waals surface area contributed by atoms with Crippen molar-refractivity contribution in [1.82, 2.24) is 4.31 Å². The zero-order valence-electron chi connectivity index (χ0n) is 15.6. The van der Waals surface area contributed by atoms with Crippen LogP contribution in [0.3, 0.4) is 0 Å². The highest BCUT2D eigenvalue weighted by molar-refractivity contribution is 7.89. The van der Waals surface area contributed by atoms with Gasteiger partial charge in [-0.1, -0.05) is 12.1 Å². The van der Waals surface area contributed by atoms with Gasteiger partial charge in [0.1, 0.15) is 0 Å². The van der Waals surface area contributed by atoms with Crippen LogP contribution in [-0.4, -0.2) is 51.1 Å². The van der Waals surface area contributed by atoms with Crippen LogP contribution in [-0.2, 0) is 19.6 Å². The number of para-hydroxylation sites is 1. The van der Waals surface area contributed by atoms with E-state index in [9.17, 15) is 22.8 Å². The van der Waals surface area contributed by atoms with Crippen LogP contribution in [0.5, 0.6) is 0 Å². The molecular formula is C19H20N2O6S. The van der Waals surface area contributed by atoms with Crippen molar-refractivity contribution in [3.63, 3.8) is 0 Å². The number of sulfonamides is 1. The number of ether oxygens (including phenoxy) is 1. The number of anilines is 1. The van der Waals surface area contributed by atoms with Gasteiger partial charge in [0, 0.05) is 19.7 Å². The van der Waals surface area contributed by atoms with Gasteiger partial charge in [-0.05, 0) is 43.3 Å². The third-order valence-corrected chi connectivity index (χ3v) is 5.61. The van der Waals surface area contributed by atoms with Crippen LogP contribution in [0.15, 0.2) is 53.4 Å². The summed E-state index contributed by atoms with van der Waals surface area (Å²) in [4.78, 5) is 35.6. The molecule has 1 amide bonds. The van der Waals surface area contributed by atoms with Crippen molar-refractivity contribution >= 4 is 33.4 Å². The van der Waals surface area contributed by atoms with Crippen molar-refractivity contribution in [2.24, 2.45) is 0 Å². The number of Topliss-reactive ketones (excluding diaryl/α,β-unsaturated/α-hetero) is 1. The number of benzene rings is 2. The van der Waals surface area contributed by atoms with Gasteiger partial charge in [0.25, 0.3) is 5.91 Å². The van der Waals surface area contributed by atoms with E-state index < -0.39 is 28.5 Å². The molecule has 148 valence electrons. The topological polar surface area (TPSA) is 110 Å². The minimum absolute atomic E-state index is 0.0348. The zero-order valence-corrected chi connectivity index (χ0v) is 16.4. The Kier molecular flexibility index (Phi) is 6.66. The Bertz CT molecular complexity index is 997. The fourth-order valence-electron chi connectivity index (χ4n) is 2.27. The molecule has 9 heteroatoms. The molecule has 0 unspecified atom stereocenters. The van der Waals surface area contributed by atoms with E-state index in [2.05, 4.69) is 5.32 Å². The van der Waals surface area contributed by atoms with E-state index in [-0.39, 0.29) is 16.2 Å². The lowest BCUT2D eigenvalue weighted by atomic mass is 10.1. The number of hydrogen-bond donors (Lipinski definition) is 1. The number of carbonyl (C=O) groups excluding carboxylic acids is 3. The normalized spacial score (nSPS) is 11.1. The molecule has 28 heavy (non-hydrogen) atoms. The maximum Gasteiger partial charge on any atom is 0.338 e. The Hall–Kier alpha value is -3.04. The highest BCUT2D eigenvalue weighted by Gasteiger charge is 2.18. The van der Waals surface area contributed by atoms with E-state index >= 15 is 0 Å². The van der Waals surface area contributed by atoms with E-state index in [1.807, 2.05) is 0 Å². The summed E-state index contributed by atoms with van der Waals surface area (Å²) in [5, 5.41) is 2.52. The summed E-state index contributed by atoms with van der Waals surface area (Å²) in [7, 11) is -0.795. The SMILES string of the molecule is CC(=O)c1ccccc1NC(=O)COC(=O)c1ccc(S(=O)(=O)N(C)C)cc1. The van der Waals surface area contributed by atoms with Gasteiger partial charge in [-0.2, -0.15) is 0 Å². The number of nitrogens with one attached hydrogen (secondary N) is 1. The van der Waals surface area contributed by atoms with Gasteiger partial charge in [-0.15, -0.1) is 0 Å². The lowest BCUT2D eigenvalue weighted by Crippen LogP contribution is -2.23. The van der Waals surface area contributed by atoms with Crippen molar-refractivity contribution < 1.29 is 27.5 Å². The molecule has 0 fully saturated rings. The van der Waals surface area contributed by atoms with E-state index in [0.29, 0.717) is 11.3 Å². The van der Waals surface area contributed by atoms with Gasteiger partial charge in [-0.25, -0.2) is 17.5 Å². The molecule has 0 radical (unpaired) electrons.